The quantitative estimate of drug-likeness (QED) is 0.623. The fraction of sp³-hybridized carbons (Fsp3) is 0.333. The van der Waals surface area contributed by atoms with Crippen LogP contribution in [0.2, 0.25) is 5.02 Å². The molecule has 4 rings (SSSR count). The number of carbonyl (C=O) groups excluding carboxylic acids is 2. The van der Waals surface area contributed by atoms with Crippen molar-refractivity contribution in [3.05, 3.63) is 76.3 Å². The van der Waals surface area contributed by atoms with Gasteiger partial charge in [-0.2, -0.15) is 0 Å². The summed E-state index contributed by atoms with van der Waals surface area (Å²) in [6, 6.07) is 12.6. The van der Waals surface area contributed by atoms with Gasteiger partial charge in [0.25, 0.3) is 5.91 Å². The van der Waals surface area contributed by atoms with E-state index in [1.807, 2.05) is 24.3 Å². The van der Waals surface area contributed by atoms with Crippen LogP contribution in [0.3, 0.4) is 0 Å². The van der Waals surface area contributed by atoms with E-state index in [-0.39, 0.29) is 25.0 Å². The van der Waals surface area contributed by atoms with Gasteiger partial charge < -0.3 is 20.4 Å². The van der Waals surface area contributed by atoms with E-state index in [2.05, 4.69) is 5.32 Å². The highest BCUT2D eigenvalue weighted by Crippen LogP contribution is 2.42. The first kappa shape index (κ1) is 21.6. The minimum Gasteiger partial charge on any atom is -0.394 e. The molecular formula is C24H25ClN2O4. The summed E-state index contributed by atoms with van der Waals surface area (Å²) < 4.78 is 0. The van der Waals surface area contributed by atoms with E-state index in [1.54, 1.807) is 42.2 Å². The number of fused-ring (bicyclic) bond motifs is 2. The summed E-state index contributed by atoms with van der Waals surface area (Å²) in [5, 5.41) is 24.0. The van der Waals surface area contributed by atoms with Gasteiger partial charge in [0.05, 0.1) is 12.6 Å². The minimum atomic E-state index is -1.75. The van der Waals surface area contributed by atoms with Crippen molar-refractivity contribution in [3.63, 3.8) is 0 Å². The second kappa shape index (κ2) is 8.46. The molecule has 2 aromatic rings. The van der Waals surface area contributed by atoms with Crippen molar-refractivity contribution in [1.29, 1.82) is 0 Å². The zero-order valence-electron chi connectivity index (χ0n) is 17.2. The normalized spacial score (nSPS) is 23.4. The number of carbonyl (C=O) groups is 2. The molecule has 0 fully saturated rings. The lowest BCUT2D eigenvalue weighted by molar-refractivity contribution is -0.137. The summed E-state index contributed by atoms with van der Waals surface area (Å²) >= 11 is 6.06. The Labute approximate surface area is 186 Å². The lowest BCUT2D eigenvalue weighted by atomic mass is 9.83. The van der Waals surface area contributed by atoms with E-state index in [4.69, 9.17) is 11.6 Å². The van der Waals surface area contributed by atoms with Crippen molar-refractivity contribution in [1.82, 2.24) is 4.90 Å². The number of nitrogens with one attached hydrogen (secondary N) is 1. The molecule has 3 atom stereocenters. The number of benzene rings is 2. The average Bonchev–Trinajstić information content (AvgIpc) is 3.03. The number of nitrogens with zero attached hydrogens (tertiary/aromatic N) is 1. The van der Waals surface area contributed by atoms with Crippen LogP contribution < -0.4 is 5.32 Å². The molecule has 0 saturated carbocycles. The molecule has 0 spiro atoms. The van der Waals surface area contributed by atoms with Gasteiger partial charge in [0.15, 0.2) is 5.60 Å². The third-order valence-electron chi connectivity index (χ3n) is 6.25. The van der Waals surface area contributed by atoms with Gasteiger partial charge in [-0.15, -0.1) is 0 Å². The van der Waals surface area contributed by atoms with Crippen LogP contribution in [0.25, 0.3) is 0 Å². The summed E-state index contributed by atoms with van der Waals surface area (Å²) in [5.74, 6) is -1.19. The first-order chi connectivity index (χ1) is 14.8. The van der Waals surface area contributed by atoms with Crippen molar-refractivity contribution < 1.29 is 19.8 Å². The second-order valence-corrected chi connectivity index (χ2v) is 8.60. The number of halogens is 1. The maximum absolute atomic E-state index is 12.9. The Morgan fingerprint density at radius 1 is 1.32 bits per heavy atom. The zero-order chi connectivity index (χ0) is 22.2. The molecule has 0 aliphatic carbocycles. The van der Waals surface area contributed by atoms with Gasteiger partial charge >= 0.3 is 0 Å². The molecule has 2 aliphatic rings. The average molecular weight is 441 g/mol. The van der Waals surface area contributed by atoms with Crippen LogP contribution in [0, 0.1) is 5.92 Å². The molecular weight excluding hydrogens is 416 g/mol. The molecule has 2 aliphatic heterocycles. The van der Waals surface area contributed by atoms with Gasteiger partial charge in [-0.05, 0) is 35.7 Å². The summed E-state index contributed by atoms with van der Waals surface area (Å²) in [4.78, 5) is 27.1. The Hall–Kier alpha value is -2.67. The molecule has 0 unspecified atom stereocenters. The van der Waals surface area contributed by atoms with Gasteiger partial charge in [0.1, 0.15) is 0 Å². The second-order valence-electron chi connectivity index (χ2n) is 8.16. The zero-order valence-corrected chi connectivity index (χ0v) is 18.0. The molecule has 162 valence electrons. The lowest BCUT2D eigenvalue weighted by Crippen LogP contribution is -2.46. The Morgan fingerprint density at radius 3 is 2.81 bits per heavy atom. The third-order valence-corrected chi connectivity index (χ3v) is 6.48. The monoisotopic (exact) mass is 440 g/mol. The fourth-order valence-corrected chi connectivity index (χ4v) is 4.58. The maximum atomic E-state index is 12.9. The molecule has 31 heavy (non-hydrogen) atoms. The van der Waals surface area contributed by atoms with E-state index in [0.29, 0.717) is 29.2 Å². The van der Waals surface area contributed by atoms with Crippen LogP contribution in [-0.4, -0.2) is 39.6 Å². The van der Waals surface area contributed by atoms with Crippen LogP contribution in [0.5, 0.6) is 0 Å². The van der Waals surface area contributed by atoms with E-state index >= 15 is 0 Å². The predicted octanol–water partition coefficient (Wildman–Crippen LogP) is 3.01. The van der Waals surface area contributed by atoms with E-state index in [1.165, 1.54) is 0 Å². The number of hydrogen-bond donors (Lipinski definition) is 3. The molecule has 0 radical (unpaired) electrons. The van der Waals surface area contributed by atoms with Crippen molar-refractivity contribution in [2.75, 3.05) is 11.9 Å². The lowest BCUT2D eigenvalue weighted by Gasteiger charge is -2.36. The molecule has 2 heterocycles. The standard InChI is InChI=1S/C24H25ClN2O4/c1-15(24(31)20-12-18(25)9-10-21(20)26-23(24)30)5-4-8-22(29)27-13-17-7-3-2-6-16(17)11-19(27)14-28/h2-7,9-10,12,15,19,28,31H,8,11,13-14H2,1H3,(H,26,30)/b5-4+/t15-,19+,24+/m1/s1. The first-order valence-corrected chi connectivity index (χ1v) is 10.7. The van der Waals surface area contributed by atoms with Crippen molar-refractivity contribution in [3.8, 4) is 0 Å². The van der Waals surface area contributed by atoms with Crippen molar-refractivity contribution in [2.45, 2.75) is 38.0 Å². The summed E-state index contributed by atoms with van der Waals surface area (Å²) in [6.45, 7) is 2.09. The Bertz CT molecular complexity index is 1050. The number of aliphatic hydroxyl groups is 2. The third kappa shape index (κ3) is 3.87. The number of rotatable bonds is 5. The number of hydrogen-bond acceptors (Lipinski definition) is 4. The summed E-state index contributed by atoms with van der Waals surface area (Å²) in [7, 11) is 0. The minimum absolute atomic E-state index is 0.0995. The maximum Gasteiger partial charge on any atom is 0.261 e. The summed E-state index contributed by atoms with van der Waals surface area (Å²) in [5.41, 5.74) is 1.45. The van der Waals surface area contributed by atoms with E-state index in [9.17, 15) is 19.8 Å². The van der Waals surface area contributed by atoms with E-state index < -0.39 is 17.4 Å². The highest BCUT2D eigenvalue weighted by atomic mass is 35.5. The van der Waals surface area contributed by atoms with Crippen molar-refractivity contribution >= 4 is 29.1 Å². The van der Waals surface area contributed by atoms with Crippen LogP contribution in [0.4, 0.5) is 5.69 Å². The van der Waals surface area contributed by atoms with Crippen LogP contribution in [0.1, 0.15) is 30.0 Å². The molecule has 2 aromatic carbocycles. The Balaban J connectivity index is 1.47. The van der Waals surface area contributed by atoms with Gasteiger partial charge in [0, 0.05) is 35.2 Å². The highest BCUT2D eigenvalue weighted by Gasteiger charge is 2.48. The van der Waals surface area contributed by atoms with E-state index in [0.717, 1.165) is 11.1 Å². The van der Waals surface area contributed by atoms with Crippen LogP contribution >= 0.6 is 11.6 Å². The van der Waals surface area contributed by atoms with Gasteiger partial charge in [-0.1, -0.05) is 54.9 Å². The summed E-state index contributed by atoms with van der Waals surface area (Å²) in [6.07, 6.45) is 4.09. The van der Waals surface area contributed by atoms with Gasteiger partial charge in [-0.3, -0.25) is 9.59 Å². The SMILES string of the molecule is C[C@H](/C=C/CC(=O)N1Cc2ccccc2C[C@H]1CO)[C@@]1(O)C(=O)Nc2ccc(Cl)cc21. The number of aliphatic hydroxyl groups excluding tert-OH is 1. The number of amides is 2. The topological polar surface area (TPSA) is 89.9 Å². The largest absolute Gasteiger partial charge is 0.394 e. The Kier molecular flexibility index (Phi) is 5.88. The molecule has 0 aromatic heterocycles. The van der Waals surface area contributed by atoms with Gasteiger partial charge in [-0.25, -0.2) is 0 Å². The molecule has 3 N–H and O–H groups in total. The fourth-order valence-electron chi connectivity index (χ4n) is 4.40. The smallest absolute Gasteiger partial charge is 0.261 e. The van der Waals surface area contributed by atoms with Crippen LogP contribution in [-0.2, 0) is 28.2 Å². The highest BCUT2D eigenvalue weighted by molar-refractivity contribution is 6.31. The van der Waals surface area contributed by atoms with Crippen LogP contribution in [0.15, 0.2) is 54.6 Å². The Morgan fingerprint density at radius 2 is 2.06 bits per heavy atom. The van der Waals surface area contributed by atoms with Crippen molar-refractivity contribution in [2.24, 2.45) is 5.92 Å². The molecule has 2 amide bonds. The number of anilines is 1. The molecule has 6 nitrogen and oxygen atoms in total. The molecule has 0 bridgehead atoms. The molecule has 7 heteroatoms. The molecule has 0 saturated heterocycles. The predicted molar refractivity (Wildman–Crippen MR) is 118 cm³/mol. The van der Waals surface area contributed by atoms with Gasteiger partial charge in [0.2, 0.25) is 5.91 Å². The first-order valence-electron chi connectivity index (χ1n) is 10.3.